The second-order valence-electron chi connectivity index (χ2n) is 6.76. The Kier molecular flexibility index (Phi) is 5.13. The van der Waals surface area contributed by atoms with Crippen LogP contribution < -0.4 is 10.6 Å². The monoisotopic (exact) mass is 400 g/mol. The van der Waals surface area contributed by atoms with Crippen LogP contribution in [0.1, 0.15) is 23.0 Å². The van der Waals surface area contributed by atoms with Crippen molar-refractivity contribution in [1.82, 2.24) is 19.6 Å². The summed E-state index contributed by atoms with van der Waals surface area (Å²) in [5, 5.41) is 14.2. The van der Waals surface area contributed by atoms with Crippen LogP contribution in [-0.4, -0.2) is 31.4 Å². The van der Waals surface area contributed by atoms with Crippen LogP contribution in [0, 0.1) is 6.92 Å². The molecule has 0 spiro atoms. The molecule has 0 aliphatic carbocycles. The van der Waals surface area contributed by atoms with Gasteiger partial charge in [-0.1, -0.05) is 0 Å². The number of carbonyl (C=O) groups excluding carboxylic acids is 2. The highest BCUT2D eigenvalue weighted by molar-refractivity contribution is 6.04. The van der Waals surface area contributed by atoms with Crippen molar-refractivity contribution in [3.63, 3.8) is 0 Å². The van der Waals surface area contributed by atoms with Crippen molar-refractivity contribution in [1.29, 1.82) is 0 Å². The van der Waals surface area contributed by atoms with Gasteiger partial charge in [-0.3, -0.25) is 9.59 Å². The zero-order valence-corrected chi connectivity index (χ0v) is 16.5. The normalized spacial score (nSPS) is 10.6. The minimum atomic E-state index is -0.205. The molecule has 0 aliphatic heterocycles. The van der Waals surface area contributed by atoms with Crippen LogP contribution in [-0.2, 0) is 4.79 Å². The van der Waals surface area contributed by atoms with Crippen molar-refractivity contribution in [3.05, 3.63) is 84.3 Å². The maximum atomic E-state index is 12.5. The fraction of sp³-hybridized carbons (Fsp3) is 0.0909. The smallest absolute Gasteiger partial charge is 0.255 e. The third kappa shape index (κ3) is 4.12. The van der Waals surface area contributed by atoms with E-state index in [9.17, 15) is 9.59 Å². The lowest BCUT2D eigenvalue weighted by atomic mass is 10.2. The van der Waals surface area contributed by atoms with Crippen molar-refractivity contribution >= 4 is 23.3 Å². The highest BCUT2D eigenvalue weighted by atomic mass is 16.2. The Morgan fingerprint density at radius 1 is 0.933 bits per heavy atom. The lowest BCUT2D eigenvalue weighted by Gasteiger charge is -2.10. The first-order valence-corrected chi connectivity index (χ1v) is 9.36. The highest BCUT2D eigenvalue weighted by Gasteiger charge is 2.10. The molecule has 2 aromatic heterocycles. The minimum Gasteiger partial charge on any atom is -0.322 e. The Balaban J connectivity index is 1.47. The molecule has 0 fully saturated rings. The molecule has 2 amide bonds. The quantitative estimate of drug-likeness (QED) is 0.535. The van der Waals surface area contributed by atoms with Gasteiger partial charge in [0.05, 0.1) is 17.1 Å². The zero-order valence-electron chi connectivity index (χ0n) is 16.5. The molecule has 0 saturated carbocycles. The molecule has 8 heteroatoms. The standard InChI is InChI=1S/C22H20N6O2/c1-15-14-21(24-16(2)29)28(26-15)20-10-6-18(7-11-20)25-22(30)17-4-8-19(9-5-17)27-13-3-12-23-27/h3-14H,1-2H3,(H,24,29)(H,25,30). The van der Waals surface area contributed by atoms with E-state index in [-0.39, 0.29) is 11.8 Å². The molecule has 4 aromatic rings. The van der Waals surface area contributed by atoms with E-state index < -0.39 is 0 Å². The Bertz CT molecular complexity index is 1180. The second-order valence-corrected chi connectivity index (χ2v) is 6.76. The molecule has 150 valence electrons. The summed E-state index contributed by atoms with van der Waals surface area (Å²) in [6.45, 7) is 3.31. The minimum absolute atomic E-state index is 0.168. The van der Waals surface area contributed by atoms with Crippen LogP contribution in [0.4, 0.5) is 11.5 Å². The molecule has 0 aliphatic rings. The molecule has 4 rings (SSSR count). The highest BCUT2D eigenvalue weighted by Crippen LogP contribution is 2.20. The van der Waals surface area contributed by atoms with E-state index in [4.69, 9.17) is 0 Å². The number of nitrogens with one attached hydrogen (secondary N) is 2. The van der Waals surface area contributed by atoms with E-state index in [1.54, 1.807) is 45.9 Å². The van der Waals surface area contributed by atoms with E-state index in [2.05, 4.69) is 20.8 Å². The number of nitrogens with zero attached hydrogens (tertiary/aromatic N) is 4. The summed E-state index contributed by atoms with van der Waals surface area (Å²) in [4.78, 5) is 23.9. The SMILES string of the molecule is CC(=O)Nc1cc(C)nn1-c1ccc(NC(=O)c2ccc(-n3cccn3)cc2)cc1. The van der Waals surface area contributed by atoms with Crippen LogP contribution in [0.2, 0.25) is 0 Å². The average molecular weight is 400 g/mol. The van der Waals surface area contributed by atoms with Gasteiger partial charge in [0.1, 0.15) is 5.82 Å². The summed E-state index contributed by atoms with van der Waals surface area (Å²) in [6.07, 6.45) is 3.54. The number of anilines is 2. The maximum absolute atomic E-state index is 12.5. The van der Waals surface area contributed by atoms with E-state index >= 15 is 0 Å². The molecule has 0 saturated heterocycles. The van der Waals surface area contributed by atoms with E-state index in [0.29, 0.717) is 17.1 Å². The number of hydrogen-bond donors (Lipinski definition) is 2. The van der Waals surface area contributed by atoms with Gasteiger partial charge in [-0.25, -0.2) is 9.36 Å². The topological polar surface area (TPSA) is 93.8 Å². The lowest BCUT2D eigenvalue weighted by Crippen LogP contribution is -2.13. The summed E-state index contributed by atoms with van der Waals surface area (Å²) < 4.78 is 3.38. The van der Waals surface area contributed by atoms with Gasteiger partial charge in [-0.05, 0) is 61.5 Å². The summed E-state index contributed by atoms with van der Waals surface area (Å²) in [5.74, 6) is 0.219. The third-order valence-corrected chi connectivity index (χ3v) is 4.40. The van der Waals surface area contributed by atoms with E-state index in [1.807, 2.05) is 43.5 Å². The number of aryl methyl sites for hydroxylation is 1. The first-order valence-electron chi connectivity index (χ1n) is 9.36. The number of aromatic nitrogens is 4. The van der Waals surface area contributed by atoms with Crippen LogP contribution >= 0.6 is 0 Å². The van der Waals surface area contributed by atoms with Crippen LogP contribution in [0.3, 0.4) is 0 Å². The van der Waals surface area contributed by atoms with Crippen molar-refractivity contribution in [2.45, 2.75) is 13.8 Å². The molecule has 0 radical (unpaired) electrons. The molecule has 8 nitrogen and oxygen atoms in total. The summed E-state index contributed by atoms with van der Waals surface area (Å²) in [7, 11) is 0. The van der Waals surface area contributed by atoms with Crippen molar-refractivity contribution in [2.75, 3.05) is 10.6 Å². The van der Waals surface area contributed by atoms with Gasteiger partial charge in [0, 0.05) is 36.6 Å². The van der Waals surface area contributed by atoms with Crippen LogP contribution in [0.25, 0.3) is 11.4 Å². The third-order valence-electron chi connectivity index (χ3n) is 4.40. The van der Waals surface area contributed by atoms with E-state index in [1.165, 1.54) is 6.92 Å². The Hall–Kier alpha value is -4.20. The average Bonchev–Trinajstić information content (AvgIpc) is 3.38. The van der Waals surface area contributed by atoms with E-state index in [0.717, 1.165) is 17.1 Å². The largest absolute Gasteiger partial charge is 0.322 e. The molecule has 0 unspecified atom stereocenters. The molecule has 2 N–H and O–H groups in total. The first kappa shape index (κ1) is 19.1. The van der Waals surface area contributed by atoms with Crippen molar-refractivity contribution < 1.29 is 9.59 Å². The van der Waals surface area contributed by atoms with Gasteiger partial charge in [0.15, 0.2) is 0 Å². The van der Waals surface area contributed by atoms with Gasteiger partial charge in [-0.15, -0.1) is 0 Å². The Morgan fingerprint density at radius 3 is 2.27 bits per heavy atom. The van der Waals surface area contributed by atoms with Gasteiger partial charge >= 0.3 is 0 Å². The molecule has 2 aromatic carbocycles. The summed E-state index contributed by atoms with van der Waals surface area (Å²) >= 11 is 0. The lowest BCUT2D eigenvalue weighted by molar-refractivity contribution is -0.114. The molecular formula is C22H20N6O2. The predicted octanol–water partition coefficient (Wildman–Crippen LogP) is 3.58. The first-order chi connectivity index (χ1) is 14.5. The molecule has 0 atom stereocenters. The number of rotatable bonds is 5. The second kappa shape index (κ2) is 8.04. The van der Waals surface area contributed by atoms with Crippen molar-refractivity contribution in [3.8, 4) is 11.4 Å². The fourth-order valence-corrected chi connectivity index (χ4v) is 3.04. The molecule has 2 heterocycles. The number of carbonyl (C=O) groups is 2. The van der Waals surface area contributed by atoms with Gasteiger partial charge in [0.25, 0.3) is 5.91 Å². The summed E-state index contributed by atoms with van der Waals surface area (Å²) in [6, 6.07) is 18.1. The molecule has 30 heavy (non-hydrogen) atoms. The fourth-order valence-electron chi connectivity index (χ4n) is 3.04. The predicted molar refractivity (Wildman–Crippen MR) is 114 cm³/mol. The number of amides is 2. The van der Waals surface area contributed by atoms with Crippen molar-refractivity contribution in [2.24, 2.45) is 0 Å². The Labute approximate surface area is 173 Å². The zero-order chi connectivity index (χ0) is 21.1. The summed E-state index contributed by atoms with van der Waals surface area (Å²) in [5.41, 5.74) is 3.64. The molecule has 0 bridgehead atoms. The Morgan fingerprint density at radius 2 is 1.63 bits per heavy atom. The number of hydrogen-bond acceptors (Lipinski definition) is 4. The van der Waals surface area contributed by atoms with Gasteiger partial charge in [-0.2, -0.15) is 10.2 Å². The van der Waals surface area contributed by atoms with Crippen LogP contribution in [0.15, 0.2) is 73.1 Å². The number of benzene rings is 2. The van der Waals surface area contributed by atoms with Gasteiger partial charge < -0.3 is 10.6 Å². The van der Waals surface area contributed by atoms with Crippen LogP contribution in [0.5, 0.6) is 0 Å². The van der Waals surface area contributed by atoms with Gasteiger partial charge in [0.2, 0.25) is 5.91 Å². The maximum Gasteiger partial charge on any atom is 0.255 e. The molecular weight excluding hydrogens is 380 g/mol.